The molecule has 1 amide bonds. The first-order chi connectivity index (χ1) is 7.80. The summed E-state index contributed by atoms with van der Waals surface area (Å²) in [6.45, 7) is 7.06. The molecule has 0 bridgehead atoms. The molecule has 1 aliphatic heterocycles. The van der Waals surface area contributed by atoms with Gasteiger partial charge in [0.2, 0.25) is 0 Å². The Kier molecular flexibility index (Phi) is 3.10. The Morgan fingerprint density at radius 2 is 1.82 bits per heavy atom. The number of rotatable bonds is 1. The van der Waals surface area contributed by atoms with E-state index in [1.54, 1.807) is 4.90 Å². The topological polar surface area (TPSA) is 49.8 Å². The number of likely N-dealkylation sites (tertiary alicyclic amines) is 1. The van der Waals surface area contributed by atoms with Crippen molar-refractivity contribution < 1.29 is 14.6 Å². The van der Waals surface area contributed by atoms with Gasteiger partial charge in [0.05, 0.1) is 5.60 Å². The molecule has 1 N–H and O–H groups in total. The fraction of sp³-hybridized carbons (Fsp3) is 0.923. The summed E-state index contributed by atoms with van der Waals surface area (Å²) in [6, 6.07) is 0. The maximum Gasteiger partial charge on any atom is 0.410 e. The van der Waals surface area contributed by atoms with Gasteiger partial charge in [-0.2, -0.15) is 0 Å². The van der Waals surface area contributed by atoms with Gasteiger partial charge in [-0.15, -0.1) is 0 Å². The van der Waals surface area contributed by atoms with Gasteiger partial charge in [0.1, 0.15) is 5.60 Å². The Labute approximate surface area is 103 Å². The molecule has 1 saturated carbocycles. The second-order valence-electron chi connectivity index (χ2n) is 6.35. The molecule has 1 saturated heterocycles. The normalized spacial score (nSPS) is 24.6. The maximum absolute atomic E-state index is 11.8. The number of amides is 1. The summed E-state index contributed by atoms with van der Waals surface area (Å²) in [5.74, 6) is 0.376. The van der Waals surface area contributed by atoms with Crippen LogP contribution in [0.4, 0.5) is 4.79 Å². The Morgan fingerprint density at radius 3 is 2.24 bits per heavy atom. The van der Waals surface area contributed by atoms with Crippen molar-refractivity contribution in [1.29, 1.82) is 0 Å². The van der Waals surface area contributed by atoms with E-state index in [4.69, 9.17) is 4.74 Å². The summed E-state index contributed by atoms with van der Waals surface area (Å²) < 4.78 is 5.34. The van der Waals surface area contributed by atoms with Crippen molar-refractivity contribution >= 4 is 6.09 Å². The highest BCUT2D eigenvalue weighted by Gasteiger charge is 2.48. The molecule has 98 valence electrons. The molecule has 1 heterocycles. The van der Waals surface area contributed by atoms with Crippen LogP contribution in [0, 0.1) is 5.92 Å². The summed E-state index contributed by atoms with van der Waals surface area (Å²) in [6.07, 6.45) is 3.44. The lowest BCUT2D eigenvalue weighted by molar-refractivity contribution is 0.00282. The van der Waals surface area contributed by atoms with Crippen molar-refractivity contribution in [2.75, 3.05) is 13.1 Å². The lowest BCUT2D eigenvalue weighted by atomic mass is 9.89. The Bertz CT molecular complexity index is 296. The fourth-order valence-corrected chi connectivity index (χ4v) is 2.46. The first-order valence-electron chi connectivity index (χ1n) is 6.50. The Hall–Kier alpha value is -0.770. The maximum atomic E-state index is 11.8. The molecular formula is C13H23NO3. The quantitative estimate of drug-likeness (QED) is 0.765. The third kappa shape index (κ3) is 3.12. The van der Waals surface area contributed by atoms with Gasteiger partial charge in [-0.05, 0) is 52.4 Å². The molecule has 0 aromatic carbocycles. The van der Waals surface area contributed by atoms with E-state index in [1.165, 1.54) is 0 Å². The van der Waals surface area contributed by atoms with Crippen LogP contribution in [0.2, 0.25) is 0 Å². The highest BCUT2D eigenvalue weighted by atomic mass is 16.6. The Balaban J connectivity index is 1.80. The predicted octanol–water partition coefficient (Wildman–Crippen LogP) is 2.16. The van der Waals surface area contributed by atoms with Crippen LogP contribution in [-0.2, 0) is 4.74 Å². The van der Waals surface area contributed by atoms with Gasteiger partial charge in [-0.3, -0.25) is 0 Å². The number of hydrogen-bond acceptors (Lipinski definition) is 3. The van der Waals surface area contributed by atoms with Crippen LogP contribution in [0.25, 0.3) is 0 Å². The second-order valence-corrected chi connectivity index (χ2v) is 6.35. The molecule has 0 aromatic rings. The molecule has 1 aliphatic carbocycles. The summed E-state index contributed by atoms with van der Waals surface area (Å²) in [4.78, 5) is 13.6. The van der Waals surface area contributed by atoms with Crippen molar-refractivity contribution in [3.8, 4) is 0 Å². The minimum atomic E-state index is -0.428. The van der Waals surface area contributed by atoms with Gasteiger partial charge in [0, 0.05) is 13.1 Å². The largest absolute Gasteiger partial charge is 0.444 e. The molecule has 17 heavy (non-hydrogen) atoms. The van der Waals surface area contributed by atoms with Gasteiger partial charge in [0.25, 0.3) is 0 Å². The highest BCUT2D eigenvalue weighted by molar-refractivity contribution is 5.68. The summed E-state index contributed by atoms with van der Waals surface area (Å²) >= 11 is 0. The van der Waals surface area contributed by atoms with Gasteiger partial charge in [-0.1, -0.05) is 0 Å². The van der Waals surface area contributed by atoms with Crippen LogP contribution in [-0.4, -0.2) is 40.4 Å². The van der Waals surface area contributed by atoms with Crippen LogP contribution >= 0.6 is 0 Å². The summed E-state index contributed by atoms with van der Waals surface area (Å²) in [7, 11) is 0. The summed E-state index contributed by atoms with van der Waals surface area (Å²) in [5.41, 5.74) is -0.831. The van der Waals surface area contributed by atoms with Crippen LogP contribution in [0.3, 0.4) is 0 Å². The molecular weight excluding hydrogens is 218 g/mol. The van der Waals surface area contributed by atoms with E-state index < -0.39 is 11.2 Å². The second kappa shape index (κ2) is 4.16. The van der Waals surface area contributed by atoms with Gasteiger partial charge in [-0.25, -0.2) is 4.79 Å². The molecule has 0 aromatic heterocycles. The first-order valence-corrected chi connectivity index (χ1v) is 6.50. The van der Waals surface area contributed by atoms with Crippen molar-refractivity contribution in [2.45, 2.75) is 57.7 Å². The lowest BCUT2D eigenvalue weighted by Gasteiger charge is -2.35. The van der Waals surface area contributed by atoms with Crippen molar-refractivity contribution in [1.82, 2.24) is 4.90 Å². The zero-order chi connectivity index (χ0) is 12.7. The fourth-order valence-electron chi connectivity index (χ4n) is 2.46. The third-order valence-corrected chi connectivity index (χ3v) is 3.67. The average molecular weight is 241 g/mol. The molecule has 0 radical (unpaired) electrons. The number of carbonyl (C=O) groups is 1. The minimum absolute atomic E-state index is 0.223. The molecule has 0 atom stereocenters. The molecule has 2 aliphatic rings. The van der Waals surface area contributed by atoms with E-state index in [0.29, 0.717) is 19.0 Å². The number of aliphatic hydroxyl groups is 1. The molecule has 0 unspecified atom stereocenters. The number of carbonyl (C=O) groups excluding carboxylic acids is 1. The SMILES string of the molecule is CC(C)(C)OC(=O)N1CCC(C2(O)CC2)CC1. The van der Waals surface area contributed by atoms with Crippen molar-refractivity contribution in [3.63, 3.8) is 0 Å². The molecule has 4 heteroatoms. The molecule has 2 fully saturated rings. The van der Waals surface area contributed by atoms with Gasteiger partial charge in [0.15, 0.2) is 0 Å². The number of piperidine rings is 1. The van der Waals surface area contributed by atoms with E-state index in [2.05, 4.69) is 0 Å². The van der Waals surface area contributed by atoms with Gasteiger partial charge >= 0.3 is 6.09 Å². The van der Waals surface area contributed by atoms with E-state index in [-0.39, 0.29) is 6.09 Å². The Morgan fingerprint density at radius 1 is 1.29 bits per heavy atom. The summed E-state index contributed by atoms with van der Waals surface area (Å²) in [5, 5.41) is 10.0. The number of ether oxygens (including phenoxy) is 1. The zero-order valence-corrected chi connectivity index (χ0v) is 11.0. The van der Waals surface area contributed by atoms with E-state index in [1.807, 2.05) is 20.8 Å². The molecule has 2 rings (SSSR count). The van der Waals surface area contributed by atoms with E-state index in [9.17, 15) is 9.90 Å². The van der Waals surface area contributed by atoms with Crippen LogP contribution < -0.4 is 0 Å². The van der Waals surface area contributed by atoms with E-state index >= 15 is 0 Å². The monoisotopic (exact) mass is 241 g/mol. The highest BCUT2D eigenvalue weighted by Crippen LogP contribution is 2.46. The van der Waals surface area contributed by atoms with Crippen LogP contribution in [0.15, 0.2) is 0 Å². The zero-order valence-electron chi connectivity index (χ0n) is 11.0. The molecule has 0 spiro atoms. The first kappa shape index (κ1) is 12.7. The third-order valence-electron chi connectivity index (χ3n) is 3.67. The number of nitrogens with zero attached hydrogens (tertiary/aromatic N) is 1. The average Bonchev–Trinajstić information content (AvgIpc) is 2.96. The van der Waals surface area contributed by atoms with E-state index in [0.717, 1.165) is 25.7 Å². The minimum Gasteiger partial charge on any atom is -0.444 e. The smallest absolute Gasteiger partial charge is 0.410 e. The number of hydrogen-bond donors (Lipinski definition) is 1. The van der Waals surface area contributed by atoms with Crippen molar-refractivity contribution in [3.05, 3.63) is 0 Å². The van der Waals surface area contributed by atoms with Crippen molar-refractivity contribution in [2.24, 2.45) is 5.92 Å². The lowest BCUT2D eigenvalue weighted by Crippen LogP contribution is -2.44. The van der Waals surface area contributed by atoms with Crippen LogP contribution in [0.5, 0.6) is 0 Å². The van der Waals surface area contributed by atoms with Crippen LogP contribution in [0.1, 0.15) is 46.5 Å². The standard InChI is InChI=1S/C13H23NO3/c1-12(2,3)17-11(15)14-8-4-10(5-9-14)13(16)6-7-13/h10,16H,4-9H2,1-3H3. The van der Waals surface area contributed by atoms with Gasteiger partial charge < -0.3 is 14.7 Å². The molecule has 4 nitrogen and oxygen atoms in total. The predicted molar refractivity (Wildman–Crippen MR) is 64.7 cm³/mol.